The van der Waals surface area contributed by atoms with Crippen molar-refractivity contribution in [3.8, 4) is 0 Å². The van der Waals surface area contributed by atoms with Crippen LogP contribution < -0.4 is 17.0 Å². The first-order chi connectivity index (χ1) is 5.20. The molecule has 0 amide bonds. The van der Waals surface area contributed by atoms with Crippen molar-refractivity contribution in [1.82, 2.24) is 0 Å². The molecule has 68 valence electrons. The van der Waals surface area contributed by atoms with Gasteiger partial charge in [-0.25, -0.2) is 4.39 Å². The van der Waals surface area contributed by atoms with Gasteiger partial charge in [-0.3, -0.25) is 5.73 Å². The Bertz CT molecular complexity index is 232. The molecule has 0 saturated heterocycles. The average Bonchev–Trinajstić information content (AvgIpc) is 1.93. The third kappa shape index (κ3) is 5.55. The Morgan fingerprint density at radius 3 is 2.62 bits per heavy atom. The van der Waals surface area contributed by atoms with Gasteiger partial charge in [-0.2, -0.15) is 0 Å². The van der Waals surface area contributed by atoms with E-state index in [2.05, 4.69) is 5.73 Å². The minimum absolute atomic E-state index is 0. The van der Waals surface area contributed by atoms with Crippen molar-refractivity contribution in [2.45, 2.75) is 20.0 Å². The van der Waals surface area contributed by atoms with Gasteiger partial charge >= 0.3 is 23.1 Å². The van der Waals surface area contributed by atoms with Gasteiger partial charge in [-0.05, 0) is 13.8 Å². The second-order valence-electron chi connectivity index (χ2n) is 2.52. The van der Waals surface area contributed by atoms with Crippen LogP contribution in [0.4, 0.5) is 4.39 Å². The SMILES string of the molecule is CC(C)O[C-]1C=C=CC=C1F.[Br-].[Mg+2]. The van der Waals surface area contributed by atoms with E-state index in [0.29, 0.717) is 0 Å². The maximum Gasteiger partial charge on any atom is 2.00 e. The molecular formula is C9H10BrFMgO. The van der Waals surface area contributed by atoms with Crippen LogP contribution in [0.25, 0.3) is 0 Å². The molecule has 1 aliphatic rings. The fourth-order valence-electron chi connectivity index (χ4n) is 0.740. The number of allylic oxidation sites excluding steroid dienone is 1. The second kappa shape index (κ2) is 7.65. The van der Waals surface area contributed by atoms with Crippen molar-refractivity contribution >= 4 is 23.1 Å². The minimum Gasteiger partial charge on any atom is -1.00 e. The zero-order valence-corrected chi connectivity index (χ0v) is 10.7. The van der Waals surface area contributed by atoms with Crippen LogP contribution >= 0.6 is 0 Å². The fraction of sp³-hybridized carbons (Fsp3) is 0.333. The van der Waals surface area contributed by atoms with Crippen LogP contribution in [0.15, 0.2) is 29.8 Å². The molecule has 4 heteroatoms. The van der Waals surface area contributed by atoms with Crippen LogP contribution in [0.2, 0.25) is 0 Å². The monoisotopic (exact) mass is 256 g/mol. The van der Waals surface area contributed by atoms with E-state index >= 15 is 0 Å². The number of rotatable bonds is 2. The van der Waals surface area contributed by atoms with Crippen molar-refractivity contribution in [1.29, 1.82) is 0 Å². The summed E-state index contributed by atoms with van der Waals surface area (Å²) >= 11 is 0. The molecule has 1 nitrogen and oxygen atoms in total. The molecule has 0 aromatic carbocycles. The molecule has 0 radical (unpaired) electrons. The van der Waals surface area contributed by atoms with Gasteiger partial charge in [0.05, 0.1) is 0 Å². The van der Waals surface area contributed by atoms with E-state index in [1.54, 1.807) is 0 Å². The molecule has 1 aliphatic carbocycles. The molecule has 0 saturated carbocycles. The molecule has 0 aromatic heterocycles. The molecule has 0 spiro atoms. The zero-order valence-electron chi connectivity index (χ0n) is 7.68. The van der Waals surface area contributed by atoms with Gasteiger partial charge < -0.3 is 21.7 Å². The molecule has 0 N–H and O–H groups in total. The Labute approximate surface area is 105 Å². The standard InChI is InChI=1S/C9H10FO.BrH.Mg/c1-7(2)11-9-6-4-3-5-8(9)10;;/h3,5-7H,1-2H3;1H;/q-1;;+2/p-1. The summed E-state index contributed by atoms with van der Waals surface area (Å²) in [6.07, 6.45) is 4.61. The Hall–Kier alpha value is 0.266. The van der Waals surface area contributed by atoms with E-state index in [-0.39, 0.29) is 58.1 Å². The van der Waals surface area contributed by atoms with Crippen molar-refractivity contribution in [2.24, 2.45) is 0 Å². The van der Waals surface area contributed by atoms with Gasteiger partial charge in [0.1, 0.15) is 0 Å². The van der Waals surface area contributed by atoms with Crippen LogP contribution in [-0.2, 0) is 4.74 Å². The summed E-state index contributed by atoms with van der Waals surface area (Å²) in [5.41, 5.74) is 2.74. The summed E-state index contributed by atoms with van der Waals surface area (Å²) in [5, 5.41) is 0. The summed E-state index contributed by atoms with van der Waals surface area (Å²) < 4.78 is 17.9. The molecular weight excluding hydrogens is 247 g/mol. The predicted octanol–water partition coefficient (Wildman–Crippen LogP) is -0.855. The largest absolute Gasteiger partial charge is 2.00 e. The quantitative estimate of drug-likeness (QED) is 0.356. The van der Waals surface area contributed by atoms with Gasteiger partial charge in [0.2, 0.25) is 0 Å². The summed E-state index contributed by atoms with van der Waals surface area (Å²) in [5.74, 6) is -0.336. The number of hydrogen-bond donors (Lipinski definition) is 0. The van der Waals surface area contributed by atoms with E-state index in [0.717, 1.165) is 0 Å². The molecule has 13 heavy (non-hydrogen) atoms. The molecule has 0 fully saturated rings. The second-order valence-corrected chi connectivity index (χ2v) is 2.52. The van der Waals surface area contributed by atoms with E-state index in [4.69, 9.17) is 4.74 Å². The maximum absolute atomic E-state index is 12.8. The van der Waals surface area contributed by atoms with Crippen molar-refractivity contribution in [2.75, 3.05) is 0 Å². The number of ether oxygens (including phenoxy) is 1. The molecule has 0 atom stereocenters. The van der Waals surface area contributed by atoms with Crippen LogP contribution in [0, 0.1) is 6.10 Å². The third-order valence-electron chi connectivity index (χ3n) is 1.14. The Balaban J connectivity index is 0. The van der Waals surface area contributed by atoms with E-state index in [1.165, 1.54) is 18.2 Å². The zero-order chi connectivity index (χ0) is 8.27. The molecule has 1 rings (SSSR count). The van der Waals surface area contributed by atoms with Crippen LogP contribution in [0.3, 0.4) is 0 Å². The first kappa shape index (κ1) is 15.7. The van der Waals surface area contributed by atoms with Gasteiger partial charge in [-0.15, -0.1) is 18.2 Å². The van der Waals surface area contributed by atoms with E-state index in [1.807, 2.05) is 13.8 Å². The summed E-state index contributed by atoms with van der Waals surface area (Å²) in [6, 6.07) is 0. The van der Waals surface area contributed by atoms with E-state index in [9.17, 15) is 4.39 Å². The summed E-state index contributed by atoms with van der Waals surface area (Å²) in [6.45, 7) is 3.71. The first-order valence-electron chi connectivity index (χ1n) is 3.52. The van der Waals surface area contributed by atoms with E-state index < -0.39 is 0 Å². The Kier molecular flexibility index (Phi) is 9.25. The summed E-state index contributed by atoms with van der Waals surface area (Å²) in [4.78, 5) is 0. The maximum atomic E-state index is 12.8. The van der Waals surface area contributed by atoms with Crippen LogP contribution in [0.1, 0.15) is 13.8 Å². The van der Waals surface area contributed by atoms with Crippen LogP contribution in [-0.4, -0.2) is 29.2 Å². The predicted molar refractivity (Wildman–Crippen MR) is 47.1 cm³/mol. The third-order valence-corrected chi connectivity index (χ3v) is 1.14. The molecule has 0 bridgehead atoms. The molecule has 0 aliphatic heterocycles. The Morgan fingerprint density at radius 2 is 2.15 bits per heavy atom. The fourth-order valence-corrected chi connectivity index (χ4v) is 0.740. The smallest absolute Gasteiger partial charge is 1.00 e. The van der Waals surface area contributed by atoms with Crippen molar-refractivity contribution in [3.05, 3.63) is 35.9 Å². The summed E-state index contributed by atoms with van der Waals surface area (Å²) in [7, 11) is 0. The Morgan fingerprint density at radius 1 is 1.54 bits per heavy atom. The first-order valence-corrected chi connectivity index (χ1v) is 3.52. The molecule has 0 aromatic rings. The normalized spacial score (nSPS) is 13.5. The minimum atomic E-state index is -0.336. The molecule has 0 heterocycles. The average molecular weight is 257 g/mol. The number of hydrogen-bond acceptors (Lipinski definition) is 1. The van der Waals surface area contributed by atoms with Gasteiger partial charge in [0.25, 0.3) is 0 Å². The van der Waals surface area contributed by atoms with Gasteiger partial charge in [-0.1, -0.05) is 0 Å². The molecule has 0 unspecified atom stereocenters. The number of halogens is 2. The van der Waals surface area contributed by atoms with Gasteiger partial charge in [0, 0.05) is 18.0 Å². The van der Waals surface area contributed by atoms with Gasteiger partial charge in [0.15, 0.2) is 0 Å². The van der Waals surface area contributed by atoms with Crippen molar-refractivity contribution < 1.29 is 26.1 Å². The van der Waals surface area contributed by atoms with Crippen LogP contribution in [0.5, 0.6) is 0 Å². The van der Waals surface area contributed by atoms with Crippen molar-refractivity contribution in [3.63, 3.8) is 0 Å². The topological polar surface area (TPSA) is 9.23 Å².